The van der Waals surface area contributed by atoms with E-state index in [1.54, 1.807) is 22.8 Å². The number of nitrogens with one attached hydrogen (secondary N) is 1. The quantitative estimate of drug-likeness (QED) is 0.427. The Labute approximate surface area is 207 Å². The lowest BCUT2D eigenvalue weighted by atomic mass is 10.1. The predicted molar refractivity (Wildman–Crippen MR) is 130 cm³/mol. The lowest BCUT2D eigenvalue weighted by Gasteiger charge is -2.07. The van der Waals surface area contributed by atoms with Crippen molar-refractivity contribution >= 4 is 45.7 Å². The Kier molecular flexibility index (Phi) is 7.10. The summed E-state index contributed by atoms with van der Waals surface area (Å²) in [6.45, 7) is 1.24. The van der Waals surface area contributed by atoms with E-state index in [4.69, 9.17) is 16.6 Å². The first-order chi connectivity index (χ1) is 16.1. The number of halogens is 2. The molecule has 172 valence electrons. The first-order valence-corrected chi connectivity index (χ1v) is 11.2. The molecule has 3 heterocycles. The van der Waals surface area contributed by atoms with Gasteiger partial charge in [0.1, 0.15) is 5.82 Å². The monoisotopic (exact) mass is 492 g/mol. The molecule has 2 aromatic heterocycles. The van der Waals surface area contributed by atoms with Gasteiger partial charge in [-0.3, -0.25) is 14.2 Å². The van der Waals surface area contributed by atoms with Crippen molar-refractivity contribution in [3.05, 3.63) is 99.8 Å². The molecule has 0 fully saturated rings. The second-order valence-electron chi connectivity index (χ2n) is 8.01. The van der Waals surface area contributed by atoms with Gasteiger partial charge in [0.15, 0.2) is 18.9 Å². The van der Waals surface area contributed by atoms with Crippen molar-refractivity contribution in [2.45, 2.75) is 25.9 Å². The van der Waals surface area contributed by atoms with Crippen molar-refractivity contribution in [2.75, 3.05) is 5.32 Å². The van der Waals surface area contributed by atoms with Crippen LogP contribution in [0.1, 0.15) is 24.2 Å². The van der Waals surface area contributed by atoms with Gasteiger partial charge >= 0.3 is 0 Å². The molecule has 34 heavy (non-hydrogen) atoms. The Hall–Kier alpha value is -3.48. The maximum absolute atomic E-state index is 12.8. The summed E-state index contributed by atoms with van der Waals surface area (Å²) in [6, 6.07) is 18.7. The van der Waals surface area contributed by atoms with Crippen molar-refractivity contribution < 1.29 is 21.8 Å². The van der Waals surface area contributed by atoms with E-state index in [0.717, 1.165) is 23.2 Å². The number of aromatic nitrogens is 3. The van der Waals surface area contributed by atoms with Gasteiger partial charge in [-0.25, -0.2) is 9.55 Å². The van der Waals surface area contributed by atoms with Gasteiger partial charge in [0.2, 0.25) is 5.91 Å². The normalized spacial score (nSPS) is 13.5. The number of pyridine rings is 1. The van der Waals surface area contributed by atoms with Gasteiger partial charge in [0.25, 0.3) is 5.56 Å². The summed E-state index contributed by atoms with van der Waals surface area (Å²) in [6.07, 6.45) is 7.06. The number of allylic oxidation sites excluding steroid dienone is 1. The number of carbonyl (C=O) groups excluding carboxylic acids is 1. The number of aryl methyl sites for hydroxylation is 1. The predicted octanol–water partition coefficient (Wildman–Crippen LogP) is 1.31. The minimum Gasteiger partial charge on any atom is -1.00 e. The van der Waals surface area contributed by atoms with Crippen molar-refractivity contribution in [1.29, 1.82) is 0 Å². The van der Waals surface area contributed by atoms with Crippen molar-refractivity contribution in [3.63, 3.8) is 0 Å². The molecule has 1 aliphatic rings. The summed E-state index contributed by atoms with van der Waals surface area (Å²) in [7, 11) is 0. The van der Waals surface area contributed by atoms with Crippen LogP contribution >= 0.6 is 11.6 Å². The Morgan fingerprint density at radius 1 is 1.12 bits per heavy atom. The van der Waals surface area contributed by atoms with E-state index in [9.17, 15) is 9.59 Å². The van der Waals surface area contributed by atoms with Crippen molar-refractivity contribution in [3.8, 4) is 0 Å². The van der Waals surface area contributed by atoms with Gasteiger partial charge in [0.05, 0.1) is 17.3 Å². The Morgan fingerprint density at radius 3 is 2.65 bits per heavy atom. The molecule has 8 heteroatoms. The highest BCUT2D eigenvalue weighted by atomic mass is 35.5. The van der Waals surface area contributed by atoms with Crippen LogP contribution in [0.5, 0.6) is 0 Å². The molecule has 1 N–H and O–H groups in total. The van der Waals surface area contributed by atoms with Crippen LogP contribution in [0, 0.1) is 0 Å². The van der Waals surface area contributed by atoms with Gasteiger partial charge in [-0.05, 0) is 54.0 Å². The van der Waals surface area contributed by atoms with E-state index in [1.165, 1.54) is 0 Å². The molecule has 0 atom stereocenters. The topological polar surface area (TPSA) is 67.9 Å². The van der Waals surface area contributed by atoms with Crippen molar-refractivity contribution in [1.82, 2.24) is 9.55 Å². The number of nitrogens with zero attached hydrogens (tertiary/aromatic N) is 3. The second kappa shape index (κ2) is 10.2. The number of benzene rings is 2. The second-order valence-corrected chi connectivity index (χ2v) is 8.44. The fourth-order valence-electron chi connectivity index (χ4n) is 4.03. The smallest absolute Gasteiger partial charge is 0.261 e. The summed E-state index contributed by atoms with van der Waals surface area (Å²) in [5.41, 5.74) is 3.31. The first kappa shape index (κ1) is 23.7. The fraction of sp³-hybridized carbons (Fsp3) is 0.154. The van der Waals surface area contributed by atoms with E-state index in [0.29, 0.717) is 41.3 Å². The van der Waals surface area contributed by atoms with Crippen LogP contribution < -0.4 is 27.9 Å². The summed E-state index contributed by atoms with van der Waals surface area (Å²) in [5.74, 6) is 0.654. The summed E-state index contributed by atoms with van der Waals surface area (Å²) in [4.78, 5) is 29.8. The highest BCUT2D eigenvalue weighted by Gasteiger charge is 2.21. The zero-order valence-electron chi connectivity index (χ0n) is 18.2. The number of fused-ring (bicyclic) bond motifs is 2. The number of hydrogen-bond acceptors (Lipinski definition) is 3. The average Bonchev–Trinajstić information content (AvgIpc) is 3.22. The van der Waals surface area contributed by atoms with Crippen LogP contribution in [-0.4, -0.2) is 15.5 Å². The largest absolute Gasteiger partial charge is 1.00 e. The van der Waals surface area contributed by atoms with Crippen LogP contribution in [-0.2, 0) is 17.9 Å². The molecule has 5 rings (SSSR count). The Balaban J connectivity index is 0.00000274. The molecular formula is C26H22Cl2N4O2. The number of hydrogen-bond donors (Lipinski definition) is 1. The summed E-state index contributed by atoms with van der Waals surface area (Å²) in [5, 5.41) is 4.08. The zero-order chi connectivity index (χ0) is 22.8. The van der Waals surface area contributed by atoms with Crippen LogP contribution in [0.25, 0.3) is 22.6 Å². The minimum atomic E-state index is -0.0400. The van der Waals surface area contributed by atoms with Gasteiger partial charge in [-0.1, -0.05) is 29.8 Å². The number of carbonyl (C=O) groups is 1. The SMILES string of the molecule is O=C(CC[n+]1ccccc1)Nc1ccc(/C=C2\CCn3c2nc2cc(Cl)ccc2c3=O)cc1.[Cl-]. The van der Waals surface area contributed by atoms with Crippen LogP contribution in [0.3, 0.4) is 0 Å². The third kappa shape index (κ3) is 5.03. The third-order valence-corrected chi connectivity index (χ3v) is 5.95. The van der Waals surface area contributed by atoms with Gasteiger partial charge in [-0.2, -0.15) is 0 Å². The molecule has 6 nitrogen and oxygen atoms in total. The molecular weight excluding hydrogens is 471 g/mol. The first-order valence-electron chi connectivity index (χ1n) is 10.8. The van der Waals surface area contributed by atoms with Crippen molar-refractivity contribution in [2.24, 2.45) is 0 Å². The molecule has 4 aromatic rings. The molecule has 0 bridgehead atoms. The molecule has 0 radical (unpaired) electrons. The van der Waals surface area contributed by atoms with Crippen LogP contribution in [0.2, 0.25) is 5.02 Å². The lowest BCUT2D eigenvalue weighted by Crippen LogP contribution is -3.00. The van der Waals surface area contributed by atoms with Gasteiger partial charge in [-0.15, -0.1) is 0 Å². The maximum Gasteiger partial charge on any atom is 0.261 e. The Bertz CT molecular complexity index is 1430. The van der Waals surface area contributed by atoms with E-state index in [-0.39, 0.29) is 23.9 Å². The number of rotatable bonds is 5. The minimum absolute atomic E-state index is 0. The van der Waals surface area contributed by atoms with E-state index in [2.05, 4.69) is 5.32 Å². The molecule has 1 amide bonds. The van der Waals surface area contributed by atoms with Gasteiger partial charge in [0, 0.05) is 29.4 Å². The average molecular weight is 493 g/mol. The molecule has 0 saturated carbocycles. The highest BCUT2D eigenvalue weighted by Crippen LogP contribution is 2.28. The van der Waals surface area contributed by atoms with Gasteiger partial charge < -0.3 is 17.7 Å². The summed E-state index contributed by atoms with van der Waals surface area (Å²) < 4.78 is 3.70. The molecule has 1 aliphatic heterocycles. The third-order valence-electron chi connectivity index (χ3n) is 5.72. The molecule has 0 aliphatic carbocycles. The van der Waals surface area contributed by atoms with Crippen LogP contribution in [0.15, 0.2) is 77.9 Å². The fourth-order valence-corrected chi connectivity index (χ4v) is 4.20. The number of amides is 1. The molecule has 0 unspecified atom stereocenters. The maximum atomic E-state index is 12.8. The van der Waals surface area contributed by atoms with E-state index < -0.39 is 0 Å². The Morgan fingerprint density at radius 2 is 1.88 bits per heavy atom. The molecule has 2 aromatic carbocycles. The molecule has 0 saturated heterocycles. The van der Waals surface area contributed by atoms with E-state index in [1.807, 2.05) is 65.5 Å². The van der Waals surface area contributed by atoms with E-state index >= 15 is 0 Å². The molecule has 0 spiro atoms. The van der Waals surface area contributed by atoms with Crippen LogP contribution in [0.4, 0.5) is 5.69 Å². The standard InChI is InChI=1S/C26H21ClN4O2.ClH/c27-20-6-9-22-23(17-20)29-25-19(10-15-31(25)26(22)33)16-18-4-7-21(8-5-18)28-24(32)11-14-30-12-2-1-3-13-30;/h1-9,12-13,16-17H,10-11,14-15H2;1H. The number of anilines is 1. The zero-order valence-corrected chi connectivity index (χ0v) is 19.8. The highest BCUT2D eigenvalue weighted by molar-refractivity contribution is 6.31. The lowest BCUT2D eigenvalue weighted by molar-refractivity contribution is -0.695. The summed E-state index contributed by atoms with van der Waals surface area (Å²) >= 11 is 6.10.